The van der Waals surface area contributed by atoms with Crippen molar-refractivity contribution in [3.63, 3.8) is 0 Å². The Balaban J connectivity index is 3.85. The fourth-order valence-electron chi connectivity index (χ4n) is 0.208. The van der Waals surface area contributed by atoms with Crippen LogP contribution in [0.2, 0.25) is 0 Å². The number of aliphatic imine (C=N–C) groups is 1. The Morgan fingerprint density at radius 2 is 2.12 bits per heavy atom. The van der Waals surface area contributed by atoms with E-state index in [1.165, 1.54) is 0 Å². The molecule has 0 aromatic heterocycles. The lowest BCUT2D eigenvalue weighted by molar-refractivity contribution is 0.879. The Bertz CT molecular complexity index is 128. The minimum absolute atomic E-state index is 0.398. The first-order valence-electron chi connectivity index (χ1n) is 2.61. The molecule has 0 heterocycles. The largest absolute Gasteiger partial charge is 0.205 e. The van der Waals surface area contributed by atoms with Gasteiger partial charge in [0, 0.05) is 5.71 Å². The summed E-state index contributed by atoms with van der Waals surface area (Å²) in [7, 11) is 0. The molecule has 0 aliphatic carbocycles. The summed E-state index contributed by atoms with van der Waals surface area (Å²) in [4.78, 5) is 3.55. The number of hydrogen-bond acceptors (Lipinski definition) is 2. The molecule has 0 aromatic rings. The maximum Gasteiger partial charge on any atom is 0.205 e. The van der Waals surface area contributed by atoms with Crippen LogP contribution in [-0.4, -0.2) is 5.71 Å². The maximum atomic E-state index is 8.05. The number of rotatable bonds is 1. The summed E-state index contributed by atoms with van der Waals surface area (Å²) in [6.45, 7) is 5.88. The zero-order valence-electron chi connectivity index (χ0n) is 5.47. The van der Waals surface area contributed by atoms with E-state index in [1.807, 2.05) is 20.8 Å². The number of nitrogens with zero attached hydrogens (tertiary/aromatic N) is 2. The van der Waals surface area contributed by atoms with Crippen molar-refractivity contribution in [2.45, 2.75) is 20.8 Å². The maximum absolute atomic E-state index is 8.05. The monoisotopic (exact) mass is 110 g/mol. The smallest absolute Gasteiger partial charge is 0.183 e. The van der Waals surface area contributed by atoms with Crippen LogP contribution in [0.15, 0.2) is 4.99 Å². The van der Waals surface area contributed by atoms with E-state index in [-0.39, 0.29) is 0 Å². The Morgan fingerprint density at radius 1 is 1.62 bits per heavy atom. The SMILES string of the molecule is CC(=NC#N)C(C)C. The summed E-state index contributed by atoms with van der Waals surface area (Å²) in [5.41, 5.74) is 0.896. The summed E-state index contributed by atoms with van der Waals surface area (Å²) in [6, 6.07) is 0. The molecule has 44 valence electrons. The summed E-state index contributed by atoms with van der Waals surface area (Å²) >= 11 is 0. The topological polar surface area (TPSA) is 36.1 Å². The van der Waals surface area contributed by atoms with Crippen molar-refractivity contribution < 1.29 is 0 Å². The van der Waals surface area contributed by atoms with Crippen LogP contribution in [0.25, 0.3) is 0 Å². The van der Waals surface area contributed by atoms with Gasteiger partial charge >= 0.3 is 0 Å². The molecule has 2 heteroatoms. The third kappa shape index (κ3) is 2.35. The van der Waals surface area contributed by atoms with Gasteiger partial charge in [-0.1, -0.05) is 13.8 Å². The van der Waals surface area contributed by atoms with Gasteiger partial charge in [0.1, 0.15) is 0 Å². The molecule has 0 aliphatic rings. The van der Waals surface area contributed by atoms with Gasteiger partial charge in [-0.3, -0.25) is 0 Å². The molecule has 0 saturated heterocycles. The molecule has 0 unspecified atom stereocenters. The number of hydrogen-bond donors (Lipinski definition) is 0. The van der Waals surface area contributed by atoms with Gasteiger partial charge < -0.3 is 0 Å². The van der Waals surface area contributed by atoms with Crippen molar-refractivity contribution in [1.29, 1.82) is 5.26 Å². The van der Waals surface area contributed by atoms with Crippen LogP contribution < -0.4 is 0 Å². The van der Waals surface area contributed by atoms with E-state index in [0.29, 0.717) is 5.92 Å². The Morgan fingerprint density at radius 3 is 2.25 bits per heavy atom. The van der Waals surface area contributed by atoms with Crippen LogP contribution in [0, 0.1) is 17.4 Å². The average molecular weight is 110 g/mol. The molecule has 0 aromatic carbocycles. The van der Waals surface area contributed by atoms with Crippen LogP contribution in [0.4, 0.5) is 0 Å². The van der Waals surface area contributed by atoms with Crippen LogP contribution >= 0.6 is 0 Å². The number of nitriles is 1. The van der Waals surface area contributed by atoms with Gasteiger partial charge in [-0.2, -0.15) is 10.3 Å². The molecule has 0 rings (SSSR count). The summed E-state index contributed by atoms with van der Waals surface area (Å²) in [6.07, 6.45) is 1.74. The van der Waals surface area contributed by atoms with Gasteiger partial charge in [-0.05, 0) is 12.8 Å². The van der Waals surface area contributed by atoms with E-state index in [2.05, 4.69) is 4.99 Å². The Kier molecular flexibility index (Phi) is 2.86. The lowest BCUT2D eigenvalue weighted by Gasteiger charge is -1.97. The van der Waals surface area contributed by atoms with Crippen molar-refractivity contribution in [2.75, 3.05) is 0 Å². The fraction of sp³-hybridized carbons (Fsp3) is 0.667. The van der Waals surface area contributed by atoms with Crippen molar-refractivity contribution in [2.24, 2.45) is 10.9 Å². The van der Waals surface area contributed by atoms with Crippen molar-refractivity contribution in [3.05, 3.63) is 0 Å². The van der Waals surface area contributed by atoms with Gasteiger partial charge in [-0.25, -0.2) is 0 Å². The van der Waals surface area contributed by atoms with Gasteiger partial charge in [0.15, 0.2) is 0 Å². The lowest BCUT2D eigenvalue weighted by Crippen LogP contribution is -1.99. The van der Waals surface area contributed by atoms with Gasteiger partial charge in [-0.15, -0.1) is 0 Å². The zero-order valence-corrected chi connectivity index (χ0v) is 5.47. The van der Waals surface area contributed by atoms with E-state index in [1.54, 1.807) is 6.19 Å². The molecule has 0 radical (unpaired) electrons. The standard InChI is InChI=1S/C6H10N2/c1-5(2)6(3)8-4-7/h5H,1-3H3. The average Bonchev–Trinajstić information content (AvgIpc) is 1.67. The molecule has 0 amide bonds. The molecule has 0 aliphatic heterocycles. The third-order valence-electron chi connectivity index (χ3n) is 1.06. The molecule has 0 spiro atoms. The van der Waals surface area contributed by atoms with Crippen LogP contribution in [0.1, 0.15) is 20.8 Å². The summed E-state index contributed by atoms with van der Waals surface area (Å²) < 4.78 is 0. The second-order valence-electron chi connectivity index (χ2n) is 2.01. The lowest BCUT2D eigenvalue weighted by atomic mass is 10.1. The molecule has 0 N–H and O–H groups in total. The van der Waals surface area contributed by atoms with Crippen molar-refractivity contribution >= 4 is 5.71 Å². The zero-order chi connectivity index (χ0) is 6.57. The normalized spacial score (nSPS) is 11.6. The van der Waals surface area contributed by atoms with Crippen molar-refractivity contribution in [3.8, 4) is 6.19 Å². The first kappa shape index (κ1) is 7.16. The first-order chi connectivity index (χ1) is 3.68. The molecular formula is C6H10N2. The highest BCUT2D eigenvalue weighted by molar-refractivity contribution is 5.84. The molecule has 0 atom stereocenters. The summed E-state index contributed by atoms with van der Waals surface area (Å²) in [5.74, 6) is 0.398. The van der Waals surface area contributed by atoms with E-state index in [4.69, 9.17) is 5.26 Å². The molecule has 0 bridgehead atoms. The highest BCUT2D eigenvalue weighted by atomic mass is 14.7. The first-order valence-corrected chi connectivity index (χ1v) is 2.61. The molecule has 8 heavy (non-hydrogen) atoms. The Labute approximate surface area is 49.9 Å². The molecule has 2 nitrogen and oxygen atoms in total. The quantitative estimate of drug-likeness (QED) is 0.373. The molecular weight excluding hydrogens is 100 g/mol. The minimum atomic E-state index is 0.398. The van der Waals surface area contributed by atoms with E-state index in [9.17, 15) is 0 Å². The van der Waals surface area contributed by atoms with Crippen LogP contribution in [0.5, 0.6) is 0 Å². The second-order valence-corrected chi connectivity index (χ2v) is 2.01. The predicted molar refractivity (Wildman–Crippen MR) is 33.6 cm³/mol. The molecule has 0 fully saturated rings. The highest BCUT2D eigenvalue weighted by Gasteiger charge is 1.94. The van der Waals surface area contributed by atoms with Crippen LogP contribution in [0.3, 0.4) is 0 Å². The highest BCUT2D eigenvalue weighted by Crippen LogP contribution is 1.94. The molecule has 0 saturated carbocycles. The predicted octanol–water partition coefficient (Wildman–Crippen LogP) is 1.58. The fourth-order valence-corrected chi connectivity index (χ4v) is 0.208. The summed E-state index contributed by atoms with van der Waals surface area (Å²) in [5, 5.41) is 8.05. The van der Waals surface area contributed by atoms with Crippen molar-refractivity contribution in [1.82, 2.24) is 0 Å². The van der Waals surface area contributed by atoms with Gasteiger partial charge in [0.2, 0.25) is 6.19 Å². The third-order valence-corrected chi connectivity index (χ3v) is 1.06. The minimum Gasteiger partial charge on any atom is -0.183 e. The van der Waals surface area contributed by atoms with Crippen LogP contribution in [-0.2, 0) is 0 Å². The van der Waals surface area contributed by atoms with E-state index < -0.39 is 0 Å². The van der Waals surface area contributed by atoms with E-state index in [0.717, 1.165) is 5.71 Å². The Hall–Kier alpha value is -0.840. The van der Waals surface area contributed by atoms with Gasteiger partial charge in [0.25, 0.3) is 0 Å². The van der Waals surface area contributed by atoms with Gasteiger partial charge in [0.05, 0.1) is 0 Å². The second kappa shape index (κ2) is 3.20. The van der Waals surface area contributed by atoms with E-state index >= 15 is 0 Å².